The first-order valence-electron chi connectivity index (χ1n) is 6.36. The second-order valence-corrected chi connectivity index (χ2v) is 4.14. The Bertz CT molecular complexity index is 290. The number of aromatic nitrogens is 2. The fraction of sp³-hybridized carbons (Fsp3) is 0.833. The van der Waals surface area contributed by atoms with Gasteiger partial charge in [-0.2, -0.15) is 4.98 Å². The van der Waals surface area contributed by atoms with Gasteiger partial charge in [0.05, 0.1) is 0 Å². The minimum Gasteiger partial charge on any atom is -0.324 e. The minimum atomic E-state index is 0.345. The number of piperidine rings is 1. The molecule has 0 N–H and O–H groups in total. The predicted molar refractivity (Wildman–Crippen MR) is 65.8 cm³/mol. The second kappa shape index (κ2) is 6.51. The summed E-state index contributed by atoms with van der Waals surface area (Å²) in [5.74, 6) is 1.16. The van der Waals surface area contributed by atoms with Gasteiger partial charge in [0.2, 0.25) is 0 Å². The molecular weight excluding hydrogens is 202 g/mol. The molecule has 16 heavy (non-hydrogen) atoms. The van der Waals surface area contributed by atoms with Crippen LogP contribution in [0.1, 0.15) is 58.7 Å². The average Bonchev–Trinajstić information content (AvgIpc) is 2.82. The Morgan fingerprint density at radius 1 is 1.12 bits per heavy atom. The maximum atomic E-state index is 5.23. The van der Waals surface area contributed by atoms with Crippen LogP contribution in [0.25, 0.3) is 0 Å². The van der Waals surface area contributed by atoms with Crippen LogP contribution in [0, 0.1) is 0 Å². The van der Waals surface area contributed by atoms with E-state index < -0.39 is 0 Å². The zero-order chi connectivity index (χ0) is 12.0. The van der Waals surface area contributed by atoms with Gasteiger partial charge in [-0.3, -0.25) is 0 Å². The summed E-state index contributed by atoms with van der Waals surface area (Å²) >= 11 is 0. The van der Waals surface area contributed by atoms with Crippen molar-refractivity contribution in [1.82, 2.24) is 10.1 Å². The van der Waals surface area contributed by atoms with Crippen LogP contribution in [0.15, 0.2) is 4.52 Å². The van der Waals surface area contributed by atoms with E-state index in [2.05, 4.69) is 28.9 Å². The van der Waals surface area contributed by atoms with Crippen molar-refractivity contribution >= 4 is 6.01 Å². The van der Waals surface area contributed by atoms with Gasteiger partial charge in [-0.1, -0.05) is 32.9 Å². The van der Waals surface area contributed by atoms with Gasteiger partial charge in [-0.25, -0.2) is 0 Å². The third-order valence-electron chi connectivity index (χ3n) is 2.57. The molecule has 1 fully saturated rings. The molecule has 0 amide bonds. The van der Waals surface area contributed by atoms with Gasteiger partial charge in [0, 0.05) is 19.0 Å². The van der Waals surface area contributed by atoms with Gasteiger partial charge in [-0.05, 0) is 19.3 Å². The molecule has 92 valence electrons. The first kappa shape index (κ1) is 13.0. The molecule has 4 nitrogen and oxygen atoms in total. The van der Waals surface area contributed by atoms with Crippen LogP contribution < -0.4 is 4.90 Å². The van der Waals surface area contributed by atoms with E-state index in [4.69, 9.17) is 4.52 Å². The molecule has 0 unspecified atom stereocenters. The molecule has 1 aromatic heterocycles. The third kappa shape index (κ3) is 3.22. The Hall–Kier alpha value is -1.06. The maximum absolute atomic E-state index is 5.23. The number of nitrogens with zero attached hydrogens (tertiary/aromatic N) is 3. The summed E-state index contributed by atoms with van der Waals surface area (Å²) < 4.78 is 5.23. The molecule has 0 atom stereocenters. The molecule has 1 saturated heterocycles. The Morgan fingerprint density at radius 2 is 1.75 bits per heavy atom. The molecule has 1 aromatic rings. The first-order valence-corrected chi connectivity index (χ1v) is 6.36. The summed E-state index contributed by atoms with van der Waals surface area (Å²) in [6, 6.07) is 0.702. The van der Waals surface area contributed by atoms with Gasteiger partial charge in [0.25, 0.3) is 0 Å². The number of hydrogen-bond acceptors (Lipinski definition) is 4. The lowest BCUT2D eigenvalue weighted by Gasteiger charge is -2.23. The number of anilines is 1. The molecule has 0 spiro atoms. The summed E-state index contributed by atoms with van der Waals surface area (Å²) in [6.45, 7) is 10.3. The largest absolute Gasteiger partial charge is 0.324 e. The van der Waals surface area contributed by atoms with Crippen molar-refractivity contribution in [2.45, 2.75) is 52.9 Å². The lowest BCUT2D eigenvalue weighted by atomic mass is 10.1. The zero-order valence-electron chi connectivity index (χ0n) is 10.9. The van der Waals surface area contributed by atoms with Gasteiger partial charge in [0.15, 0.2) is 5.82 Å². The zero-order valence-corrected chi connectivity index (χ0v) is 10.9. The number of hydrogen-bond donors (Lipinski definition) is 0. The quantitative estimate of drug-likeness (QED) is 0.775. The van der Waals surface area contributed by atoms with Crippen molar-refractivity contribution in [1.29, 1.82) is 0 Å². The maximum Gasteiger partial charge on any atom is 0.324 e. The van der Waals surface area contributed by atoms with Crippen molar-refractivity contribution in [3.8, 4) is 0 Å². The standard InChI is InChI=1S/C10H17N3O.C2H6/c1-8(2)9-11-10(14-12-9)13-6-4-3-5-7-13;1-2/h8H,3-7H2,1-2H3;1-2H3. The van der Waals surface area contributed by atoms with E-state index in [0.717, 1.165) is 18.9 Å². The summed E-state index contributed by atoms with van der Waals surface area (Å²) in [6.07, 6.45) is 3.79. The highest BCUT2D eigenvalue weighted by Gasteiger charge is 2.17. The molecule has 0 bridgehead atoms. The summed E-state index contributed by atoms with van der Waals surface area (Å²) in [4.78, 5) is 6.56. The lowest BCUT2D eigenvalue weighted by molar-refractivity contribution is 0.394. The van der Waals surface area contributed by atoms with Crippen molar-refractivity contribution in [2.75, 3.05) is 18.0 Å². The van der Waals surface area contributed by atoms with Crippen molar-refractivity contribution in [2.24, 2.45) is 0 Å². The van der Waals surface area contributed by atoms with Crippen molar-refractivity contribution in [3.63, 3.8) is 0 Å². The summed E-state index contributed by atoms with van der Waals surface area (Å²) in [5.41, 5.74) is 0. The van der Waals surface area contributed by atoms with Crippen LogP contribution in [0.5, 0.6) is 0 Å². The molecular formula is C12H23N3O. The van der Waals surface area contributed by atoms with E-state index >= 15 is 0 Å². The Kier molecular flexibility index (Phi) is 5.29. The van der Waals surface area contributed by atoms with Crippen LogP contribution >= 0.6 is 0 Å². The smallest absolute Gasteiger partial charge is 0.324 e. The molecule has 0 saturated carbocycles. The first-order chi connectivity index (χ1) is 7.77. The van der Waals surface area contributed by atoms with Crippen LogP contribution in [-0.2, 0) is 0 Å². The molecule has 2 heterocycles. The van der Waals surface area contributed by atoms with Crippen LogP contribution in [0.3, 0.4) is 0 Å². The molecule has 0 aliphatic carbocycles. The predicted octanol–water partition coefficient (Wildman–Crippen LogP) is 3.21. The van der Waals surface area contributed by atoms with E-state index in [-0.39, 0.29) is 0 Å². The monoisotopic (exact) mass is 225 g/mol. The second-order valence-electron chi connectivity index (χ2n) is 4.14. The molecule has 1 aliphatic heterocycles. The summed E-state index contributed by atoms with van der Waals surface area (Å²) in [7, 11) is 0. The molecule has 2 rings (SSSR count). The Balaban J connectivity index is 0.000000606. The van der Waals surface area contributed by atoms with Gasteiger partial charge < -0.3 is 9.42 Å². The molecule has 0 aromatic carbocycles. The van der Waals surface area contributed by atoms with Gasteiger partial charge >= 0.3 is 6.01 Å². The molecule has 4 heteroatoms. The lowest BCUT2D eigenvalue weighted by Crippen LogP contribution is -2.29. The fourth-order valence-corrected chi connectivity index (χ4v) is 1.67. The third-order valence-corrected chi connectivity index (χ3v) is 2.57. The van der Waals surface area contributed by atoms with Crippen LogP contribution in [-0.4, -0.2) is 23.2 Å². The van der Waals surface area contributed by atoms with Gasteiger partial charge in [0.1, 0.15) is 0 Å². The number of rotatable bonds is 2. The minimum absolute atomic E-state index is 0.345. The normalized spacial score (nSPS) is 15.9. The van der Waals surface area contributed by atoms with E-state index in [9.17, 15) is 0 Å². The molecule has 1 aliphatic rings. The van der Waals surface area contributed by atoms with Crippen molar-refractivity contribution in [3.05, 3.63) is 5.82 Å². The van der Waals surface area contributed by atoms with E-state index in [1.807, 2.05) is 13.8 Å². The average molecular weight is 225 g/mol. The van der Waals surface area contributed by atoms with E-state index in [1.54, 1.807) is 0 Å². The van der Waals surface area contributed by atoms with E-state index in [0.29, 0.717) is 11.9 Å². The summed E-state index contributed by atoms with van der Waals surface area (Å²) in [5, 5.41) is 3.96. The fourth-order valence-electron chi connectivity index (χ4n) is 1.67. The topological polar surface area (TPSA) is 42.2 Å². The van der Waals surface area contributed by atoms with Crippen molar-refractivity contribution < 1.29 is 4.52 Å². The Morgan fingerprint density at radius 3 is 2.25 bits per heavy atom. The highest BCUT2D eigenvalue weighted by atomic mass is 16.5. The highest BCUT2D eigenvalue weighted by Crippen LogP contribution is 2.19. The van der Waals surface area contributed by atoms with E-state index in [1.165, 1.54) is 19.3 Å². The molecule has 0 radical (unpaired) electrons. The van der Waals surface area contributed by atoms with Gasteiger partial charge in [-0.15, -0.1) is 0 Å². The highest BCUT2D eigenvalue weighted by molar-refractivity contribution is 5.25. The Labute approximate surface area is 98.0 Å². The van der Waals surface area contributed by atoms with Crippen LogP contribution in [0.2, 0.25) is 0 Å². The van der Waals surface area contributed by atoms with Crippen LogP contribution in [0.4, 0.5) is 6.01 Å². The SMILES string of the molecule is CC.CC(C)c1noc(N2CCCCC2)n1.